The Bertz CT molecular complexity index is 1530. The van der Waals surface area contributed by atoms with Crippen molar-refractivity contribution in [2.75, 3.05) is 16.8 Å². The maximum atomic E-state index is 13.6. The SMILES string of the molecule is CCCCCc1cc2n(c1)CCN(c1nccc(-c3cc(Nc4cc(C)[nH]n4)c(=O)n(C)c3)c1CO)C2=O. The molecule has 1 aliphatic rings. The van der Waals surface area contributed by atoms with Crippen molar-refractivity contribution >= 4 is 23.2 Å². The number of hydrogen-bond donors (Lipinski definition) is 3. The third kappa shape index (κ3) is 4.87. The molecule has 0 radical (unpaired) electrons. The highest BCUT2D eigenvalue weighted by Gasteiger charge is 2.29. The summed E-state index contributed by atoms with van der Waals surface area (Å²) >= 11 is 0. The molecule has 4 aromatic heterocycles. The lowest BCUT2D eigenvalue weighted by molar-refractivity contribution is 0.0964. The number of pyridine rings is 2. The van der Waals surface area contributed by atoms with Gasteiger partial charge in [0.1, 0.15) is 17.2 Å². The Kier molecular flexibility index (Phi) is 7.15. The predicted octanol–water partition coefficient (Wildman–Crippen LogP) is 3.91. The van der Waals surface area contributed by atoms with E-state index in [2.05, 4.69) is 33.6 Å². The van der Waals surface area contributed by atoms with E-state index in [0.29, 0.717) is 52.8 Å². The van der Waals surface area contributed by atoms with Crippen LogP contribution in [-0.2, 0) is 26.6 Å². The van der Waals surface area contributed by atoms with Crippen LogP contribution in [-0.4, -0.2) is 41.9 Å². The number of aromatic amines is 1. The zero-order valence-electron chi connectivity index (χ0n) is 22.0. The van der Waals surface area contributed by atoms with Gasteiger partial charge < -0.3 is 19.6 Å². The minimum absolute atomic E-state index is 0.130. The number of nitrogens with one attached hydrogen (secondary N) is 2. The topological polar surface area (TPSA) is 121 Å². The maximum Gasteiger partial charge on any atom is 0.276 e. The molecule has 1 aliphatic heterocycles. The third-order valence-electron chi connectivity index (χ3n) is 6.96. The molecule has 0 aliphatic carbocycles. The second-order valence-electron chi connectivity index (χ2n) is 9.78. The number of anilines is 3. The standard InChI is InChI=1S/C28H33N7O3/c1-4-5-6-7-19-13-24-28(38)35(11-10-34(24)15-19)26-22(17-36)21(8-9-29-26)20-14-23(27(37)33(3)16-20)30-25-12-18(2)31-32-25/h8-9,12-16,36H,4-7,10-11,17H2,1-3H3,(H2,30,31,32). The van der Waals surface area contributed by atoms with Crippen molar-refractivity contribution in [2.45, 2.75) is 52.7 Å². The molecule has 0 bridgehead atoms. The summed E-state index contributed by atoms with van der Waals surface area (Å²) < 4.78 is 3.50. The Morgan fingerprint density at radius 1 is 1.13 bits per heavy atom. The van der Waals surface area contributed by atoms with E-state index >= 15 is 0 Å². The lowest BCUT2D eigenvalue weighted by Crippen LogP contribution is -2.41. The number of aliphatic hydroxyl groups is 1. The van der Waals surface area contributed by atoms with Crippen molar-refractivity contribution in [1.82, 2.24) is 24.3 Å². The fraction of sp³-hybridized carbons (Fsp3) is 0.357. The van der Waals surface area contributed by atoms with Gasteiger partial charge >= 0.3 is 0 Å². The van der Waals surface area contributed by atoms with Crippen molar-refractivity contribution in [3.05, 3.63) is 75.7 Å². The largest absolute Gasteiger partial charge is 0.392 e. The Hall–Kier alpha value is -4.18. The van der Waals surface area contributed by atoms with E-state index in [1.165, 1.54) is 16.6 Å². The number of fused-ring (bicyclic) bond motifs is 1. The zero-order chi connectivity index (χ0) is 26.8. The minimum Gasteiger partial charge on any atom is -0.392 e. The molecule has 3 N–H and O–H groups in total. The lowest BCUT2D eigenvalue weighted by atomic mass is 10.0. The van der Waals surface area contributed by atoms with Gasteiger partial charge in [0.25, 0.3) is 11.5 Å². The minimum atomic E-state index is -0.310. The Morgan fingerprint density at radius 3 is 2.71 bits per heavy atom. The molecule has 4 aromatic rings. The first kappa shape index (κ1) is 25.5. The van der Waals surface area contributed by atoms with Crippen LogP contribution in [0.15, 0.2) is 47.7 Å². The summed E-state index contributed by atoms with van der Waals surface area (Å²) in [6.45, 7) is 4.86. The van der Waals surface area contributed by atoms with Gasteiger partial charge in [-0.05, 0) is 49.1 Å². The Balaban J connectivity index is 1.49. The van der Waals surface area contributed by atoms with Crippen LogP contribution in [0, 0.1) is 6.92 Å². The first-order chi connectivity index (χ1) is 18.4. The molecule has 0 fully saturated rings. The third-order valence-corrected chi connectivity index (χ3v) is 6.96. The highest BCUT2D eigenvalue weighted by molar-refractivity contribution is 6.06. The number of hydrogen-bond acceptors (Lipinski definition) is 6. The number of aryl methyl sites for hydroxylation is 3. The smallest absolute Gasteiger partial charge is 0.276 e. The fourth-order valence-electron chi connectivity index (χ4n) is 5.01. The summed E-state index contributed by atoms with van der Waals surface area (Å²) in [5.41, 5.74) is 4.75. The summed E-state index contributed by atoms with van der Waals surface area (Å²) in [5, 5.41) is 20.5. The van der Waals surface area contributed by atoms with Crippen LogP contribution < -0.4 is 15.8 Å². The molecule has 0 spiro atoms. The molecular formula is C28H33N7O3. The van der Waals surface area contributed by atoms with Crippen molar-refractivity contribution in [1.29, 1.82) is 0 Å². The molecule has 38 heavy (non-hydrogen) atoms. The quantitative estimate of drug-likeness (QED) is 0.291. The number of aromatic nitrogens is 5. The molecule has 0 saturated carbocycles. The van der Waals surface area contributed by atoms with Crippen molar-refractivity contribution in [2.24, 2.45) is 7.05 Å². The fourth-order valence-corrected chi connectivity index (χ4v) is 5.01. The van der Waals surface area contributed by atoms with E-state index in [1.807, 2.05) is 23.6 Å². The summed E-state index contributed by atoms with van der Waals surface area (Å²) in [7, 11) is 1.67. The van der Waals surface area contributed by atoms with Crippen LogP contribution >= 0.6 is 0 Å². The van der Waals surface area contributed by atoms with Crippen LogP contribution in [0.1, 0.15) is 53.5 Å². The first-order valence-electron chi connectivity index (χ1n) is 13.0. The average Bonchev–Trinajstić information content (AvgIpc) is 3.52. The maximum absolute atomic E-state index is 13.6. The predicted molar refractivity (Wildman–Crippen MR) is 147 cm³/mol. The molecule has 5 heterocycles. The zero-order valence-corrected chi connectivity index (χ0v) is 22.0. The molecule has 5 rings (SSSR count). The number of H-pyrrole nitrogens is 1. The van der Waals surface area contributed by atoms with E-state index in [4.69, 9.17) is 0 Å². The lowest BCUT2D eigenvalue weighted by Gasteiger charge is -2.29. The molecule has 1 amide bonds. The van der Waals surface area contributed by atoms with E-state index in [0.717, 1.165) is 25.0 Å². The molecule has 10 heteroatoms. The average molecular weight is 516 g/mol. The Labute approximate surface area is 221 Å². The van der Waals surface area contributed by atoms with Gasteiger partial charge in [-0.1, -0.05) is 19.8 Å². The van der Waals surface area contributed by atoms with E-state index in [9.17, 15) is 14.7 Å². The summed E-state index contributed by atoms with van der Waals surface area (Å²) in [6.07, 6.45) is 9.81. The highest BCUT2D eigenvalue weighted by atomic mass is 16.3. The van der Waals surface area contributed by atoms with Gasteiger partial charge in [0.15, 0.2) is 5.82 Å². The van der Waals surface area contributed by atoms with Crippen LogP contribution in [0.5, 0.6) is 0 Å². The van der Waals surface area contributed by atoms with Crippen molar-refractivity contribution in [3.8, 4) is 11.1 Å². The monoisotopic (exact) mass is 515 g/mol. The van der Waals surface area contributed by atoms with Gasteiger partial charge in [0.2, 0.25) is 0 Å². The second kappa shape index (κ2) is 10.7. The van der Waals surface area contributed by atoms with E-state index in [-0.39, 0.29) is 18.1 Å². The summed E-state index contributed by atoms with van der Waals surface area (Å²) in [4.78, 5) is 32.5. The number of nitrogens with zero attached hydrogens (tertiary/aromatic N) is 5. The molecular weight excluding hydrogens is 482 g/mol. The Morgan fingerprint density at radius 2 is 1.97 bits per heavy atom. The van der Waals surface area contributed by atoms with Gasteiger partial charge in [-0.15, -0.1) is 0 Å². The van der Waals surface area contributed by atoms with Gasteiger partial charge in [-0.2, -0.15) is 5.10 Å². The summed E-state index contributed by atoms with van der Waals surface area (Å²) in [6, 6.07) is 7.31. The molecule has 0 atom stereocenters. The van der Waals surface area contributed by atoms with Gasteiger partial charge in [0, 0.05) is 61.6 Å². The number of amides is 1. The second-order valence-corrected chi connectivity index (χ2v) is 9.78. The molecule has 0 unspecified atom stereocenters. The van der Waals surface area contributed by atoms with Gasteiger partial charge in [-0.25, -0.2) is 4.98 Å². The first-order valence-corrected chi connectivity index (χ1v) is 13.0. The number of carbonyl (C=O) groups excluding carboxylic acids is 1. The van der Waals surface area contributed by atoms with E-state index < -0.39 is 0 Å². The molecule has 0 saturated heterocycles. The highest BCUT2D eigenvalue weighted by Crippen LogP contribution is 2.33. The van der Waals surface area contributed by atoms with E-state index in [1.54, 1.807) is 36.5 Å². The normalized spacial score (nSPS) is 13.2. The van der Waals surface area contributed by atoms with Gasteiger partial charge in [0.05, 0.1) is 6.61 Å². The molecule has 0 aromatic carbocycles. The molecule has 10 nitrogen and oxygen atoms in total. The van der Waals surface area contributed by atoms with Crippen LogP contribution in [0.25, 0.3) is 11.1 Å². The van der Waals surface area contributed by atoms with Crippen LogP contribution in [0.3, 0.4) is 0 Å². The number of unbranched alkanes of at least 4 members (excludes halogenated alkanes) is 2. The number of rotatable bonds is 9. The molecule has 198 valence electrons. The van der Waals surface area contributed by atoms with Crippen molar-refractivity contribution < 1.29 is 9.90 Å². The van der Waals surface area contributed by atoms with Crippen LogP contribution in [0.2, 0.25) is 0 Å². The number of aliphatic hydroxyl groups excluding tert-OH is 1. The van der Waals surface area contributed by atoms with Crippen molar-refractivity contribution in [3.63, 3.8) is 0 Å². The van der Waals surface area contributed by atoms with Gasteiger partial charge in [-0.3, -0.25) is 19.6 Å². The number of carbonyl (C=O) groups is 1. The summed E-state index contributed by atoms with van der Waals surface area (Å²) in [5.74, 6) is 0.834. The van der Waals surface area contributed by atoms with Crippen LogP contribution in [0.4, 0.5) is 17.3 Å².